The molecule has 2 aliphatic rings. The summed E-state index contributed by atoms with van der Waals surface area (Å²) in [6.07, 6.45) is 0.259. The highest BCUT2D eigenvalue weighted by Crippen LogP contribution is 2.40. The zero-order valence-corrected chi connectivity index (χ0v) is 24.6. The smallest absolute Gasteiger partial charge is 0.309 e. The fourth-order valence-corrected chi connectivity index (χ4v) is 7.17. The quantitative estimate of drug-likeness (QED) is 0.369. The van der Waals surface area contributed by atoms with E-state index in [1.165, 1.54) is 15.6 Å². The van der Waals surface area contributed by atoms with Crippen LogP contribution in [0.3, 0.4) is 0 Å². The van der Waals surface area contributed by atoms with Gasteiger partial charge in [-0.05, 0) is 44.3 Å². The van der Waals surface area contributed by atoms with Crippen molar-refractivity contribution < 1.29 is 33.0 Å². The van der Waals surface area contributed by atoms with Crippen molar-refractivity contribution in [1.82, 2.24) is 9.29 Å². The molecule has 3 heterocycles. The average molecular weight is 572 g/mol. The Hall–Kier alpha value is -1.70. The minimum Gasteiger partial charge on any atom is -0.458 e. The van der Waals surface area contributed by atoms with E-state index in [0.717, 1.165) is 5.01 Å². The number of ether oxygens (including phenoxy) is 1. The van der Waals surface area contributed by atoms with E-state index in [1.807, 2.05) is 19.2 Å². The molecule has 0 bridgehead atoms. The van der Waals surface area contributed by atoms with Crippen LogP contribution in [-0.4, -0.2) is 70.1 Å². The number of carbonyl (C=O) groups excluding carboxylic acids is 2. The molecule has 4 unspecified atom stereocenters. The SMILES string of the molecule is C/C(=C\c1csc(C)n1)[C@@H]1C[C@H]2[C@@H](CCCC(C)[C@H](O)C(C)C(=O)C(C)(C)C(O)CC(=O)O1)N2S(N)(=O)=O. The number of nitrogens with zero attached hydrogens (tertiary/aromatic N) is 2. The number of Topliss-reactive ketones (excluding diaryl/α,β-unsaturated/α-hetero) is 1. The van der Waals surface area contributed by atoms with Gasteiger partial charge < -0.3 is 14.9 Å². The van der Waals surface area contributed by atoms with Crippen LogP contribution in [0.1, 0.15) is 77.4 Å². The summed E-state index contributed by atoms with van der Waals surface area (Å²) in [7, 11) is -3.97. The standard InChI is InChI=1S/C26H41N3O7S2/c1-14-8-7-9-19-20(29(19)38(27,34)35)11-21(15(2)10-18-13-37-17(4)28-18)36-23(31)12-22(30)26(5,6)25(33)16(3)24(14)32/h10,13-14,16,19-22,24,30,32H,7-9,11-12H2,1-6H3,(H2,27,34,35)/b15-10+/t14?,16?,19-,20+,21+,22?,24+,29?/m1/s1. The lowest BCUT2D eigenvalue weighted by Gasteiger charge is -2.34. The molecule has 3 rings (SSSR count). The van der Waals surface area contributed by atoms with Gasteiger partial charge in [-0.1, -0.05) is 34.1 Å². The predicted octanol–water partition coefficient (Wildman–Crippen LogP) is 2.58. The maximum atomic E-state index is 13.2. The highest BCUT2D eigenvalue weighted by molar-refractivity contribution is 7.87. The molecule has 0 aromatic carbocycles. The molecule has 0 saturated carbocycles. The Morgan fingerprint density at radius 3 is 2.47 bits per heavy atom. The zero-order chi connectivity index (χ0) is 28.6. The summed E-state index contributed by atoms with van der Waals surface area (Å²) in [5.41, 5.74) is 0.0953. The van der Waals surface area contributed by atoms with E-state index in [2.05, 4.69) is 4.98 Å². The molecule has 214 valence electrons. The van der Waals surface area contributed by atoms with Gasteiger partial charge in [0, 0.05) is 29.8 Å². The van der Waals surface area contributed by atoms with E-state index in [9.17, 15) is 28.2 Å². The van der Waals surface area contributed by atoms with Crippen LogP contribution in [0, 0.1) is 24.2 Å². The molecule has 1 aromatic heterocycles. The molecule has 2 aliphatic heterocycles. The van der Waals surface area contributed by atoms with Crippen LogP contribution in [0.4, 0.5) is 0 Å². The number of nitrogens with two attached hydrogens (primary N) is 1. The molecule has 2 saturated heterocycles. The first kappa shape index (κ1) is 30.8. The van der Waals surface area contributed by atoms with Crippen LogP contribution in [0.2, 0.25) is 0 Å². The van der Waals surface area contributed by atoms with E-state index in [4.69, 9.17) is 9.88 Å². The van der Waals surface area contributed by atoms with Gasteiger partial charge in [-0.3, -0.25) is 9.59 Å². The second-order valence-electron chi connectivity index (χ2n) is 11.4. The second kappa shape index (κ2) is 11.8. The number of esters is 1. The minimum atomic E-state index is -3.97. The van der Waals surface area contributed by atoms with E-state index >= 15 is 0 Å². The van der Waals surface area contributed by atoms with E-state index in [-0.39, 0.29) is 24.2 Å². The van der Waals surface area contributed by atoms with Crippen molar-refractivity contribution in [2.75, 3.05) is 0 Å². The Labute approximate surface area is 229 Å². The molecule has 0 amide bonds. The monoisotopic (exact) mass is 571 g/mol. The third-order valence-corrected chi connectivity index (χ3v) is 9.97. The second-order valence-corrected chi connectivity index (χ2v) is 13.9. The normalized spacial score (nSPS) is 35.9. The lowest BCUT2D eigenvalue weighted by atomic mass is 9.73. The third-order valence-electron chi connectivity index (χ3n) is 8.05. The van der Waals surface area contributed by atoms with Gasteiger partial charge in [0.2, 0.25) is 0 Å². The number of fused-ring (bicyclic) bond motifs is 1. The Bertz CT molecular complexity index is 1160. The summed E-state index contributed by atoms with van der Waals surface area (Å²) in [6, 6.07) is -0.792. The lowest BCUT2D eigenvalue weighted by molar-refractivity contribution is -0.154. The Kier molecular flexibility index (Phi) is 9.58. The van der Waals surface area contributed by atoms with Crippen LogP contribution in [0.15, 0.2) is 11.0 Å². The first-order valence-corrected chi connectivity index (χ1v) is 15.4. The zero-order valence-electron chi connectivity index (χ0n) is 23.0. The Morgan fingerprint density at radius 1 is 1.24 bits per heavy atom. The first-order chi connectivity index (χ1) is 17.5. The summed E-state index contributed by atoms with van der Waals surface area (Å²) in [6.45, 7) is 10.3. The highest BCUT2D eigenvalue weighted by Gasteiger charge is 2.54. The number of rotatable bonds is 3. The number of thiazole rings is 1. The van der Waals surface area contributed by atoms with Gasteiger partial charge in [-0.15, -0.1) is 11.3 Å². The number of aliphatic hydroxyl groups excluding tert-OH is 2. The maximum Gasteiger partial charge on any atom is 0.309 e. The van der Waals surface area contributed by atoms with Crippen molar-refractivity contribution in [1.29, 1.82) is 0 Å². The molecule has 0 spiro atoms. The predicted molar refractivity (Wildman–Crippen MR) is 145 cm³/mol. The Balaban J connectivity index is 1.94. The third kappa shape index (κ3) is 7.08. The van der Waals surface area contributed by atoms with E-state index in [0.29, 0.717) is 30.5 Å². The molecule has 1 aromatic rings. The number of cyclic esters (lactones) is 1. The van der Waals surface area contributed by atoms with Crippen molar-refractivity contribution in [3.8, 4) is 0 Å². The summed E-state index contributed by atoms with van der Waals surface area (Å²) in [4.78, 5) is 30.7. The van der Waals surface area contributed by atoms with Crippen molar-refractivity contribution in [2.24, 2.45) is 22.4 Å². The maximum absolute atomic E-state index is 13.2. The van der Waals surface area contributed by atoms with Crippen molar-refractivity contribution in [2.45, 2.75) is 104 Å². The Morgan fingerprint density at radius 2 is 1.89 bits per heavy atom. The highest BCUT2D eigenvalue weighted by atomic mass is 32.2. The van der Waals surface area contributed by atoms with Crippen LogP contribution < -0.4 is 5.14 Å². The van der Waals surface area contributed by atoms with Crippen molar-refractivity contribution in [3.63, 3.8) is 0 Å². The molecule has 8 atom stereocenters. The van der Waals surface area contributed by atoms with Gasteiger partial charge in [0.25, 0.3) is 10.2 Å². The number of aromatic nitrogens is 1. The van der Waals surface area contributed by atoms with Crippen molar-refractivity contribution in [3.05, 3.63) is 21.7 Å². The number of aliphatic hydroxyl groups is 2. The number of aryl methyl sites for hydroxylation is 1. The number of carbonyl (C=O) groups is 2. The summed E-state index contributed by atoms with van der Waals surface area (Å²) >= 11 is 1.48. The lowest BCUT2D eigenvalue weighted by Crippen LogP contribution is -2.45. The summed E-state index contributed by atoms with van der Waals surface area (Å²) in [5.74, 6) is -2.02. The molecule has 38 heavy (non-hydrogen) atoms. The first-order valence-electron chi connectivity index (χ1n) is 13.1. The van der Waals surface area contributed by atoms with Gasteiger partial charge in [0.15, 0.2) is 0 Å². The fourth-order valence-electron chi connectivity index (χ4n) is 5.42. The van der Waals surface area contributed by atoms with Crippen molar-refractivity contribution >= 4 is 39.4 Å². The minimum absolute atomic E-state index is 0.200. The summed E-state index contributed by atoms with van der Waals surface area (Å²) < 4.78 is 31.6. The van der Waals surface area contributed by atoms with Gasteiger partial charge in [0.05, 0.1) is 34.7 Å². The molecule has 0 radical (unpaired) electrons. The number of ketones is 1. The van der Waals surface area contributed by atoms with Crippen LogP contribution in [-0.2, 0) is 24.5 Å². The molecular weight excluding hydrogens is 530 g/mol. The molecule has 12 heteroatoms. The van der Waals surface area contributed by atoms with Gasteiger partial charge in [0.1, 0.15) is 11.9 Å². The fraction of sp³-hybridized carbons (Fsp3) is 0.731. The molecule has 0 aliphatic carbocycles. The summed E-state index contributed by atoms with van der Waals surface area (Å²) in [5, 5.41) is 30.0. The molecule has 4 N–H and O–H groups in total. The largest absolute Gasteiger partial charge is 0.458 e. The molecule has 2 fully saturated rings. The number of hydrogen-bond acceptors (Lipinski definition) is 9. The van der Waals surface area contributed by atoms with Gasteiger partial charge in [-0.25, -0.2) is 10.1 Å². The molecular formula is C26H41N3O7S2. The van der Waals surface area contributed by atoms with E-state index in [1.54, 1.807) is 33.8 Å². The number of hydrogen-bond donors (Lipinski definition) is 3. The van der Waals surface area contributed by atoms with E-state index < -0.39 is 58.3 Å². The van der Waals surface area contributed by atoms with Crippen LogP contribution in [0.5, 0.6) is 0 Å². The topological polar surface area (TPSA) is 160 Å². The van der Waals surface area contributed by atoms with Gasteiger partial charge >= 0.3 is 5.97 Å². The molecule has 10 nitrogen and oxygen atoms in total. The average Bonchev–Trinajstić information content (AvgIpc) is 3.36. The van der Waals surface area contributed by atoms with Gasteiger partial charge in [-0.2, -0.15) is 12.7 Å². The van der Waals surface area contributed by atoms with Crippen LogP contribution in [0.25, 0.3) is 6.08 Å². The van der Waals surface area contributed by atoms with Crippen LogP contribution >= 0.6 is 11.3 Å².